The molecule has 0 saturated heterocycles. The van der Waals surface area contributed by atoms with Gasteiger partial charge in [0.2, 0.25) is 0 Å². The lowest BCUT2D eigenvalue weighted by molar-refractivity contribution is 0.0948. The molecule has 2 amide bonds. The third kappa shape index (κ3) is 4.64. The summed E-state index contributed by atoms with van der Waals surface area (Å²) in [7, 11) is 0. The first kappa shape index (κ1) is 16.7. The average molecular weight is 311 g/mol. The quantitative estimate of drug-likeness (QED) is 0.861. The van der Waals surface area contributed by atoms with E-state index < -0.39 is 0 Å². The van der Waals surface area contributed by atoms with Crippen LogP contribution in [0.15, 0.2) is 42.6 Å². The standard InChI is InChI=1S/C18H21N3O2/c1-3-10-20-18(23)16-12-14(9-11-19-16)17(22)21-15-7-5-13(4-2)6-8-15/h5-9,11-12H,3-4,10H2,1-2H3,(H,20,23)(H,21,22). The zero-order chi connectivity index (χ0) is 16.7. The summed E-state index contributed by atoms with van der Waals surface area (Å²) in [5.74, 6) is -0.532. The van der Waals surface area contributed by atoms with E-state index in [9.17, 15) is 9.59 Å². The molecule has 0 saturated carbocycles. The van der Waals surface area contributed by atoms with E-state index >= 15 is 0 Å². The van der Waals surface area contributed by atoms with E-state index in [1.54, 1.807) is 6.07 Å². The van der Waals surface area contributed by atoms with Crippen LogP contribution in [0, 0.1) is 0 Å². The van der Waals surface area contributed by atoms with Gasteiger partial charge in [-0.2, -0.15) is 0 Å². The van der Waals surface area contributed by atoms with Crippen molar-refractivity contribution < 1.29 is 9.59 Å². The van der Waals surface area contributed by atoms with Gasteiger partial charge in [-0.05, 0) is 42.7 Å². The van der Waals surface area contributed by atoms with Gasteiger partial charge in [0.25, 0.3) is 11.8 Å². The van der Waals surface area contributed by atoms with Gasteiger partial charge < -0.3 is 10.6 Å². The third-order valence-electron chi connectivity index (χ3n) is 3.41. The number of aryl methyl sites for hydroxylation is 1. The molecule has 0 unspecified atom stereocenters. The highest BCUT2D eigenvalue weighted by atomic mass is 16.2. The molecule has 1 aromatic carbocycles. The maximum Gasteiger partial charge on any atom is 0.269 e. The molecule has 2 aromatic rings. The van der Waals surface area contributed by atoms with E-state index in [1.165, 1.54) is 17.8 Å². The zero-order valence-electron chi connectivity index (χ0n) is 13.4. The molecule has 0 fully saturated rings. The Morgan fingerprint density at radius 3 is 2.43 bits per heavy atom. The van der Waals surface area contributed by atoms with Crippen molar-refractivity contribution in [1.29, 1.82) is 0 Å². The van der Waals surface area contributed by atoms with E-state index in [2.05, 4.69) is 22.5 Å². The van der Waals surface area contributed by atoms with Crippen LogP contribution in [0.25, 0.3) is 0 Å². The minimum Gasteiger partial charge on any atom is -0.351 e. The molecule has 23 heavy (non-hydrogen) atoms. The lowest BCUT2D eigenvalue weighted by Gasteiger charge is -2.07. The van der Waals surface area contributed by atoms with Crippen molar-refractivity contribution in [2.75, 3.05) is 11.9 Å². The molecule has 5 nitrogen and oxygen atoms in total. The molecule has 0 bridgehead atoms. The fourth-order valence-electron chi connectivity index (χ4n) is 2.05. The first-order chi connectivity index (χ1) is 11.1. The van der Waals surface area contributed by atoms with Crippen LogP contribution in [-0.2, 0) is 6.42 Å². The molecule has 2 N–H and O–H groups in total. The van der Waals surface area contributed by atoms with E-state index in [0.717, 1.165) is 18.5 Å². The van der Waals surface area contributed by atoms with Gasteiger partial charge in [-0.15, -0.1) is 0 Å². The summed E-state index contributed by atoms with van der Waals surface area (Å²) in [6.07, 6.45) is 3.27. The molecule has 0 radical (unpaired) electrons. The summed E-state index contributed by atoms with van der Waals surface area (Å²) in [4.78, 5) is 28.2. The van der Waals surface area contributed by atoms with Gasteiger partial charge in [0.15, 0.2) is 0 Å². The zero-order valence-corrected chi connectivity index (χ0v) is 13.4. The molecule has 0 aliphatic heterocycles. The van der Waals surface area contributed by atoms with Crippen molar-refractivity contribution in [2.45, 2.75) is 26.7 Å². The van der Waals surface area contributed by atoms with Gasteiger partial charge in [-0.1, -0.05) is 26.0 Å². The molecule has 0 aliphatic rings. The van der Waals surface area contributed by atoms with Crippen LogP contribution in [-0.4, -0.2) is 23.3 Å². The number of rotatable bonds is 6. The number of carbonyl (C=O) groups excluding carboxylic acids is 2. The van der Waals surface area contributed by atoms with Crippen LogP contribution in [0.2, 0.25) is 0 Å². The van der Waals surface area contributed by atoms with Crippen molar-refractivity contribution in [3.63, 3.8) is 0 Å². The summed E-state index contributed by atoms with van der Waals surface area (Å²) in [6.45, 7) is 4.64. The van der Waals surface area contributed by atoms with E-state index in [0.29, 0.717) is 12.1 Å². The number of pyridine rings is 1. The van der Waals surface area contributed by atoms with Crippen LogP contribution in [0.4, 0.5) is 5.69 Å². The van der Waals surface area contributed by atoms with Crippen LogP contribution < -0.4 is 10.6 Å². The second-order valence-electron chi connectivity index (χ2n) is 5.19. The normalized spacial score (nSPS) is 10.2. The average Bonchev–Trinajstić information content (AvgIpc) is 2.60. The van der Waals surface area contributed by atoms with Gasteiger partial charge >= 0.3 is 0 Å². The van der Waals surface area contributed by atoms with Crippen LogP contribution in [0.5, 0.6) is 0 Å². The molecule has 120 valence electrons. The molecule has 5 heteroatoms. The van der Waals surface area contributed by atoms with E-state index in [1.807, 2.05) is 31.2 Å². The summed E-state index contributed by atoms with van der Waals surface area (Å²) in [5.41, 5.74) is 2.58. The number of nitrogens with zero attached hydrogens (tertiary/aromatic N) is 1. The number of amides is 2. The summed E-state index contributed by atoms with van der Waals surface area (Å²) in [6, 6.07) is 10.8. The molecular formula is C18H21N3O2. The van der Waals surface area contributed by atoms with Gasteiger partial charge in [-0.3, -0.25) is 14.6 Å². The Hall–Kier alpha value is -2.69. The lowest BCUT2D eigenvalue weighted by atomic mass is 10.1. The summed E-state index contributed by atoms with van der Waals surface area (Å²) < 4.78 is 0. The van der Waals surface area contributed by atoms with Gasteiger partial charge in [0.05, 0.1) is 0 Å². The third-order valence-corrected chi connectivity index (χ3v) is 3.41. The van der Waals surface area contributed by atoms with Crippen LogP contribution in [0.3, 0.4) is 0 Å². The Kier molecular flexibility index (Phi) is 5.86. The smallest absolute Gasteiger partial charge is 0.269 e. The summed E-state index contributed by atoms with van der Waals surface area (Å²) in [5, 5.41) is 5.56. The number of carbonyl (C=O) groups is 2. The topological polar surface area (TPSA) is 71.1 Å². The first-order valence-electron chi connectivity index (χ1n) is 7.78. The highest BCUT2D eigenvalue weighted by molar-refractivity contribution is 6.05. The summed E-state index contributed by atoms with van der Waals surface area (Å²) >= 11 is 0. The highest BCUT2D eigenvalue weighted by Gasteiger charge is 2.11. The van der Waals surface area contributed by atoms with E-state index in [-0.39, 0.29) is 17.5 Å². The van der Waals surface area contributed by atoms with Gasteiger partial charge in [0, 0.05) is 24.0 Å². The fourth-order valence-corrected chi connectivity index (χ4v) is 2.05. The molecule has 1 heterocycles. The Labute approximate surface area is 136 Å². The van der Waals surface area contributed by atoms with Gasteiger partial charge in [-0.25, -0.2) is 0 Å². The van der Waals surface area contributed by atoms with Crippen molar-refractivity contribution >= 4 is 17.5 Å². The molecule has 0 aliphatic carbocycles. The molecule has 2 rings (SSSR count). The number of anilines is 1. The Morgan fingerprint density at radius 1 is 1.04 bits per heavy atom. The Morgan fingerprint density at radius 2 is 1.78 bits per heavy atom. The van der Waals surface area contributed by atoms with E-state index in [4.69, 9.17) is 0 Å². The first-order valence-corrected chi connectivity index (χ1v) is 7.78. The number of hydrogen-bond donors (Lipinski definition) is 2. The lowest BCUT2D eigenvalue weighted by Crippen LogP contribution is -2.25. The SMILES string of the molecule is CCCNC(=O)c1cc(C(=O)Nc2ccc(CC)cc2)ccn1. The molecular weight excluding hydrogens is 290 g/mol. The maximum absolute atomic E-state index is 12.3. The number of hydrogen-bond acceptors (Lipinski definition) is 3. The van der Waals surface area contributed by atoms with Crippen LogP contribution in [0.1, 0.15) is 46.7 Å². The minimum absolute atomic E-state index is 0.243. The second kappa shape index (κ2) is 8.08. The van der Waals surface area contributed by atoms with Gasteiger partial charge in [0.1, 0.15) is 5.69 Å². The van der Waals surface area contributed by atoms with Crippen LogP contribution >= 0.6 is 0 Å². The number of aromatic nitrogens is 1. The molecule has 0 spiro atoms. The highest BCUT2D eigenvalue weighted by Crippen LogP contribution is 2.12. The predicted octanol–water partition coefficient (Wildman–Crippen LogP) is 3.04. The number of benzene rings is 1. The van der Waals surface area contributed by atoms with Crippen molar-refractivity contribution in [2.24, 2.45) is 0 Å². The monoisotopic (exact) mass is 311 g/mol. The molecule has 0 atom stereocenters. The Balaban J connectivity index is 2.08. The second-order valence-corrected chi connectivity index (χ2v) is 5.19. The van der Waals surface area contributed by atoms with Crippen molar-refractivity contribution in [3.05, 3.63) is 59.4 Å². The largest absolute Gasteiger partial charge is 0.351 e. The van der Waals surface area contributed by atoms with Crippen molar-refractivity contribution in [1.82, 2.24) is 10.3 Å². The van der Waals surface area contributed by atoms with Crippen molar-refractivity contribution in [3.8, 4) is 0 Å². The predicted molar refractivity (Wildman–Crippen MR) is 90.6 cm³/mol. The number of nitrogens with one attached hydrogen (secondary N) is 2. The maximum atomic E-state index is 12.3. The Bertz CT molecular complexity index is 681. The minimum atomic E-state index is -0.270. The fraction of sp³-hybridized carbons (Fsp3) is 0.278. The molecule has 1 aromatic heterocycles.